The lowest BCUT2D eigenvalue weighted by Gasteiger charge is -2.23. The first-order valence-corrected chi connectivity index (χ1v) is 6.58. The number of nitrogens with zero attached hydrogens (tertiary/aromatic N) is 2. The van der Waals surface area contributed by atoms with Crippen LogP contribution < -0.4 is 5.32 Å². The molecule has 1 aromatic heterocycles. The summed E-state index contributed by atoms with van der Waals surface area (Å²) in [6.45, 7) is 5.04. The minimum atomic E-state index is 0.569. The Bertz CT molecular complexity index is 331. The predicted molar refractivity (Wildman–Crippen MR) is 67.9 cm³/mol. The molecular weight excluding hydrogens is 214 g/mol. The number of nitrogens with one attached hydrogen (secondary N) is 1. The highest BCUT2D eigenvalue weighted by molar-refractivity contribution is 4.93. The van der Waals surface area contributed by atoms with Gasteiger partial charge in [0.1, 0.15) is 5.82 Å². The van der Waals surface area contributed by atoms with Gasteiger partial charge in [0.2, 0.25) is 0 Å². The van der Waals surface area contributed by atoms with E-state index in [1.54, 1.807) is 0 Å². The van der Waals surface area contributed by atoms with Crippen LogP contribution in [0.2, 0.25) is 0 Å². The van der Waals surface area contributed by atoms with Crippen LogP contribution in [0.5, 0.6) is 0 Å². The van der Waals surface area contributed by atoms with Gasteiger partial charge in [0.25, 0.3) is 0 Å². The number of imidazole rings is 1. The van der Waals surface area contributed by atoms with Crippen LogP contribution in [0.25, 0.3) is 0 Å². The van der Waals surface area contributed by atoms with Crippen molar-refractivity contribution in [2.24, 2.45) is 13.0 Å². The first-order chi connectivity index (χ1) is 8.31. The van der Waals surface area contributed by atoms with E-state index in [1.165, 1.54) is 12.2 Å². The fraction of sp³-hybridized carbons (Fsp3) is 0.769. The topological polar surface area (TPSA) is 39.1 Å². The molecule has 4 nitrogen and oxygen atoms in total. The zero-order chi connectivity index (χ0) is 12.1. The lowest BCUT2D eigenvalue weighted by molar-refractivity contribution is 0.175. The maximum Gasteiger partial charge on any atom is 0.108 e. The average Bonchev–Trinajstić information content (AvgIpc) is 2.96. The number of aryl methyl sites for hydroxylation is 2. The minimum Gasteiger partial charge on any atom is -0.381 e. The van der Waals surface area contributed by atoms with Gasteiger partial charge in [-0.15, -0.1) is 0 Å². The summed E-state index contributed by atoms with van der Waals surface area (Å²) in [5.74, 6) is 1.85. The molecule has 0 aliphatic carbocycles. The molecule has 1 aliphatic heterocycles. The van der Waals surface area contributed by atoms with E-state index < -0.39 is 0 Å². The van der Waals surface area contributed by atoms with Crippen LogP contribution in [-0.2, 0) is 18.2 Å². The highest BCUT2D eigenvalue weighted by Crippen LogP contribution is 2.20. The number of hydrogen-bond donors (Lipinski definition) is 1. The predicted octanol–water partition coefficient (Wildman–Crippen LogP) is 1.37. The Balaban J connectivity index is 1.86. The zero-order valence-corrected chi connectivity index (χ0v) is 10.9. The van der Waals surface area contributed by atoms with Gasteiger partial charge in [0, 0.05) is 38.5 Å². The summed E-state index contributed by atoms with van der Waals surface area (Å²) in [5.41, 5.74) is 0. The zero-order valence-electron chi connectivity index (χ0n) is 10.9. The molecule has 1 saturated heterocycles. The molecule has 0 saturated carbocycles. The number of ether oxygens (including phenoxy) is 1. The van der Waals surface area contributed by atoms with Crippen molar-refractivity contribution in [1.29, 1.82) is 0 Å². The van der Waals surface area contributed by atoms with Gasteiger partial charge >= 0.3 is 0 Å². The molecule has 1 aliphatic rings. The van der Waals surface area contributed by atoms with E-state index in [0.29, 0.717) is 12.0 Å². The molecule has 96 valence electrons. The van der Waals surface area contributed by atoms with Crippen molar-refractivity contribution in [1.82, 2.24) is 14.9 Å². The Morgan fingerprint density at radius 1 is 1.65 bits per heavy atom. The Morgan fingerprint density at radius 2 is 2.53 bits per heavy atom. The molecule has 0 aromatic carbocycles. The monoisotopic (exact) mass is 237 g/mol. The van der Waals surface area contributed by atoms with Crippen LogP contribution in [-0.4, -0.2) is 35.4 Å². The fourth-order valence-corrected chi connectivity index (χ4v) is 2.56. The maximum absolute atomic E-state index is 5.48. The number of aromatic nitrogens is 2. The van der Waals surface area contributed by atoms with E-state index in [9.17, 15) is 0 Å². The SMILES string of the molecule is CCNC(CCc1nccn1C)C1CCOC1. The Hall–Kier alpha value is -0.870. The highest BCUT2D eigenvalue weighted by Gasteiger charge is 2.25. The van der Waals surface area contributed by atoms with E-state index in [2.05, 4.69) is 28.8 Å². The third-order valence-corrected chi connectivity index (χ3v) is 3.60. The molecule has 0 bridgehead atoms. The summed E-state index contributed by atoms with van der Waals surface area (Å²) < 4.78 is 7.59. The van der Waals surface area contributed by atoms with Gasteiger partial charge in [0.05, 0.1) is 6.61 Å². The number of hydrogen-bond acceptors (Lipinski definition) is 3. The Morgan fingerprint density at radius 3 is 3.12 bits per heavy atom. The molecule has 2 unspecified atom stereocenters. The normalized spacial score (nSPS) is 21.9. The van der Waals surface area contributed by atoms with Crippen molar-refractivity contribution in [3.05, 3.63) is 18.2 Å². The van der Waals surface area contributed by atoms with E-state index >= 15 is 0 Å². The van der Waals surface area contributed by atoms with Crippen LogP contribution in [0.15, 0.2) is 12.4 Å². The van der Waals surface area contributed by atoms with Crippen LogP contribution in [0.3, 0.4) is 0 Å². The summed E-state index contributed by atoms with van der Waals surface area (Å²) in [6.07, 6.45) is 7.26. The van der Waals surface area contributed by atoms with E-state index in [4.69, 9.17) is 4.74 Å². The molecule has 0 amide bonds. The fourth-order valence-electron chi connectivity index (χ4n) is 2.56. The van der Waals surface area contributed by atoms with Gasteiger partial charge in [-0.2, -0.15) is 0 Å². The van der Waals surface area contributed by atoms with Crippen molar-refractivity contribution in [3.8, 4) is 0 Å². The third kappa shape index (κ3) is 3.30. The lowest BCUT2D eigenvalue weighted by Crippen LogP contribution is -2.37. The second-order valence-electron chi connectivity index (χ2n) is 4.78. The summed E-state index contributed by atoms with van der Waals surface area (Å²) in [7, 11) is 2.06. The van der Waals surface area contributed by atoms with Gasteiger partial charge in [0.15, 0.2) is 0 Å². The van der Waals surface area contributed by atoms with Crippen molar-refractivity contribution in [3.63, 3.8) is 0 Å². The summed E-state index contributed by atoms with van der Waals surface area (Å²) in [4.78, 5) is 4.38. The van der Waals surface area contributed by atoms with Gasteiger partial charge in [-0.1, -0.05) is 6.92 Å². The lowest BCUT2D eigenvalue weighted by atomic mass is 9.94. The number of rotatable bonds is 6. The van der Waals surface area contributed by atoms with Crippen molar-refractivity contribution in [2.45, 2.75) is 32.2 Å². The molecule has 2 rings (SSSR count). The molecule has 2 atom stereocenters. The summed E-state index contributed by atoms with van der Waals surface area (Å²) >= 11 is 0. The van der Waals surface area contributed by atoms with E-state index in [1.807, 2.05) is 12.4 Å². The first-order valence-electron chi connectivity index (χ1n) is 6.58. The quantitative estimate of drug-likeness (QED) is 0.812. The standard InChI is InChI=1S/C13H23N3O/c1-3-14-12(11-6-9-17-10-11)4-5-13-15-7-8-16(13)2/h7-8,11-12,14H,3-6,9-10H2,1-2H3. The first kappa shape index (κ1) is 12.6. The third-order valence-electron chi connectivity index (χ3n) is 3.60. The Kier molecular flexibility index (Phi) is 4.57. The molecular formula is C13H23N3O. The van der Waals surface area contributed by atoms with Gasteiger partial charge < -0.3 is 14.6 Å². The summed E-state index contributed by atoms with van der Waals surface area (Å²) in [6, 6.07) is 0.569. The average molecular weight is 237 g/mol. The van der Waals surface area contributed by atoms with E-state index in [0.717, 1.165) is 32.6 Å². The van der Waals surface area contributed by atoms with Crippen LogP contribution in [0, 0.1) is 5.92 Å². The van der Waals surface area contributed by atoms with Crippen LogP contribution >= 0.6 is 0 Å². The smallest absolute Gasteiger partial charge is 0.108 e. The molecule has 1 aromatic rings. The maximum atomic E-state index is 5.48. The largest absolute Gasteiger partial charge is 0.381 e. The van der Waals surface area contributed by atoms with E-state index in [-0.39, 0.29) is 0 Å². The molecule has 0 spiro atoms. The summed E-state index contributed by atoms with van der Waals surface area (Å²) in [5, 5.41) is 3.59. The molecule has 2 heterocycles. The molecule has 1 N–H and O–H groups in total. The molecule has 4 heteroatoms. The van der Waals surface area contributed by atoms with Crippen LogP contribution in [0.4, 0.5) is 0 Å². The molecule has 1 fully saturated rings. The van der Waals surface area contributed by atoms with Gasteiger partial charge in [-0.05, 0) is 25.3 Å². The Labute approximate surface area is 103 Å². The molecule has 0 radical (unpaired) electrons. The second-order valence-corrected chi connectivity index (χ2v) is 4.78. The van der Waals surface area contributed by atoms with Crippen molar-refractivity contribution < 1.29 is 4.74 Å². The van der Waals surface area contributed by atoms with Gasteiger partial charge in [-0.25, -0.2) is 4.98 Å². The minimum absolute atomic E-state index is 0.569. The van der Waals surface area contributed by atoms with Crippen LogP contribution in [0.1, 0.15) is 25.6 Å². The molecule has 17 heavy (non-hydrogen) atoms. The van der Waals surface area contributed by atoms with Crippen molar-refractivity contribution >= 4 is 0 Å². The highest BCUT2D eigenvalue weighted by atomic mass is 16.5. The van der Waals surface area contributed by atoms with Crippen molar-refractivity contribution in [2.75, 3.05) is 19.8 Å². The second kappa shape index (κ2) is 6.17. The van der Waals surface area contributed by atoms with Gasteiger partial charge in [-0.3, -0.25) is 0 Å².